The van der Waals surface area contributed by atoms with Gasteiger partial charge in [-0.1, -0.05) is 17.7 Å². The Morgan fingerprint density at radius 1 is 1.18 bits per heavy atom. The van der Waals surface area contributed by atoms with E-state index in [1.807, 2.05) is 6.07 Å². The number of urea groups is 1. The number of halogens is 6. The van der Waals surface area contributed by atoms with Gasteiger partial charge in [0.1, 0.15) is 11.6 Å². The number of nitrogens with one attached hydrogen (secondary N) is 2. The highest BCUT2D eigenvalue weighted by Gasteiger charge is 2.61. The number of nitrogens with zero attached hydrogens (tertiary/aromatic N) is 2. The summed E-state index contributed by atoms with van der Waals surface area (Å²) in [5.41, 5.74) is -4.19. The number of amides is 3. The molecule has 0 aromatic heterocycles. The van der Waals surface area contributed by atoms with Crippen LogP contribution in [0.2, 0.25) is 5.02 Å². The van der Waals surface area contributed by atoms with Gasteiger partial charge in [-0.15, -0.1) is 0 Å². The third-order valence-electron chi connectivity index (χ3n) is 6.70. The molecule has 0 bridgehead atoms. The van der Waals surface area contributed by atoms with Crippen molar-refractivity contribution in [1.82, 2.24) is 5.32 Å². The first kappa shape index (κ1) is 26.4. The Kier molecular flexibility index (Phi) is 6.24. The van der Waals surface area contributed by atoms with Crippen molar-refractivity contribution in [1.29, 1.82) is 5.26 Å². The van der Waals surface area contributed by atoms with Crippen molar-refractivity contribution < 1.29 is 36.6 Å². The van der Waals surface area contributed by atoms with Crippen molar-refractivity contribution in [3.63, 3.8) is 0 Å². The van der Waals surface area contributed by atoms with Gasteiger partial charge >= 0.3 is 12.2 Å². The molecule has 0 aliphatic carbocycles. The van der Waals surface area contributed by atoms with E-state index in [2.05, 4.69) is 10.6 Å². The van der Waals surface area contributed by atoms with Gasteiger partial charge in [0.2, 0.25) is 5.60 Å². The lowest BCUT2D eigenvalue weighted by Gasteiger charge is -2.27. The second-order valence-corrected chi connectivity index (χ2v) is 9.41. The lowest BCUT2D eigenvalue weighted by atomic mass is 9.92. The predicted octanol–water partition coefficient (Wildman–Crippen LogP) is 5.32. The van der Waals surface area contributed by atoms with Gasteiger partial charge in [0.05, 0.1) is 36.3 Å². The molecule has 2 heterocycles. The molecule has 5 rings (SSSR count). The maximum absolute atomic E-state index is 14.1. The van der Waals surface area contributed by atoms with Crippen molar-refractivity contribution in [3.05, 3.63) is 93.0 Å². The molecule has 2 aliphatic rings. The Labute approximate surface area is 222 Å². The monoisotopic (exact) mass is 562 g/mol. The molecule has 7 nitrogen and oxygen atoms in total. The highest BCUT2D eigenvalue weighted by atomic mass is 35.5. The van der Waals surface area contributed by atoms with E-state index >= 15 is 0 Å². The molecule has 0 saturated heterocycles. The average Bonchev–Trinajstić information content (AvgIpc) is 3.38. The number of β-amino-alcohol motifs (C(OH)–C–C–N with tert-alkyl or cyclic N) is 1. The van der Waals surface area contributed by atoms with E-state index in [0.717, 1.165) is 24.3 Å². The second-order valence-electron chi connectivity index (χ2n) is 9.00. The Bertz CT molecular complexity index is 1590. The van der Waals surface area contributed by atoms with Gasteiger partial charge < -0.3 is 15.7 Å². The maximum atomic E-state index is 14.1. The Balaban J connectivity index is 1.59. The van der Waals surface area contributed by atoms with Crippen LogP contribution in [0.5, 0.6) is 0 Å². The van der Waals surface area contributed by atoms with Gasteiger partial charge in [0, 0.05) is 27.4 Å². The Morgan fingerprint density at radius 2 is 1.87 bits per heavy atom. The maximum Gasteiger partial charge on any atom is 0.423 e. The summed E-state index contributed by atoms with van der Waals surface area (Å²) in [7, 11) is 0. The molecule has 0 radical (unpaired) electrons. The number of carbonyl (C=O) groups excluding carboxylic acids is 2. The third kappa shape index (κ3) is 4.24. The van der Waals surface area contributed by atoms with Crippen molar-refractivity contribution in [2.24, 2.45) is 0 Å². The Hall–Kier alpha value is -4.21. The number of hydrogen-bond donors (Lipinski definition) is 3. The highest BCUT2D eigenvalue weighted by Crippen LogP contribution is 2.49. The van der Waals surface area contributed by atoms with Crippen molar-refractivity contribution in [2.75, 3.05) is 16.8 Å². The minimum atomic E-state index is -5.24. The number of fused-ring (bicyclic) bond motifs is 2. The van der Waals surface area contributed by atoms with Crippen LogP contribution in [0.3, 0.4) is 0 Å². The van der Waals surface area contributed by atoms with Crippen LogP contribution in [0, 0.1) is 23.0 Å². The highest BCUT2D eigenvalue weighted by molar-refractivity contribution is 6.31. The van der Waals surface area contributed by atoms with Crippen LogP contribution in [0.15, 0.2) is 48.5 Å². The van der Waals surface area contributed by atoms with Gasteiger partial charge in [0.15, 0.2) is 0 Å². The number of rotatable bonds is 3. The third-order valence-corrected chi connectivity index (χ3v) is 7.04. The summed E-state index contributed by atoms with van der Waals surface area (Å²) in [5.74, 6) is -2.34. The first-order valence-electron chi connectivity index (χ1n) is 11.3. The van der Waals surface area contributed by atoms with Crippen molar-refractivity contribution in [2.45, 2.75) is 24.2 Å². The fourth-order valence-corrected chi connectivity index (χ4v) is 5.13. The van der Waals surface area contributed by atoms with E-state index in [9.17, 15) is 41.9 Å². The van der Waals surface area contributed by atoms with Crippen LogP contribution >= 0.6 is 11.6 Å². The van der Waals surface area contributed by atoms with Crippen molar-refractivity contribution >= 4 is 34.9 Å². The van der Waals surface area contributed by atoms with E-state index < -0.39 is 53.5 Å². The lowest BCUT2D eigenvalue weighted by Crippen LogP contribution is -2.48. The summed E-state index contributed by atoms with van der Waals surface area (Å²) < 4.78 is 69.4. The van der Waals surface area contributed by atoms with Crippen LogP contribution in [0.4, 0.5) is 38.1 Å². The van der Waals surface area contributed by atoms with Gasteiger partial charge in [0.25, 0.3) is 5.91 Å². The summed E-state index contributed by atoms with van der Waals surface area (Å²) in [6.07, 6.45) is -5.42. The summed E-state index contributed by atoms with van der Waals surface area (Å²) >= 11 is 6.27. The van der Waals surface area contributed by atoms with Gasteiger partial charge in [-0.3, -0.25) is 9.69 Å². The quantitative estimate of drug-likeness (QED) is 0.376. The van der Waals surface area contributed by atoms with Crippen LogP contribution in [-0.2, 0) is 12.0 Å². The first-order chi connectivity index (χ1) is 18.4. The fraction of sp³-hybridized carbons (Fsp3) is 0.192. The molecule has 3 aromatic rings. The van der Waals surface area contributed by atoms with E-state index in [1.165, 1.54) is 18.2 Å². The van der Waals surface area contributed by atoms with E-state index in [4.69, 9.17) is 11.6 Å². The van der Waals surface area contributed by atoms with Crippen molar-refractivity contribution in [3.8, 4) is 6.07 Å². The summed E-state index contributed by atoms with van der Waals surface area (Å²) in [6, 6.07) is 8.23. The SMILES string of the molecule is N#CCc1ccc(NC(=O)N2C[C@](O)(C(F)(F)F)c3cc(F)ccc32)c2c1C(=O)N[C@@H]2c1cc(F)ccc1Cl. The molecule has 0 spiro atoms. The molecule has 3 amide bonds. The number of benzene rings is 3. The zero-order valence-corrected chi connectivity index (χ0v) is 20.3. The Morgan fingerprint density at radius 3 is 2.56 bits per heavy atom. The molecular weight excluding hydrogens is 547 g/mol. The minimum absolute atomic E-state index is 0.0235. The molecule has 3 aromatic carbocycles. The second kappa shape index (κ2) is 9.21. The molecule has 2 aliphatic heterocycles. The summed E-state index contributed by atoms with van der Waals surface area (Å²) in [5, 5.41) is 24.9. The zero-order chi connectivity index (χ0) is 28.3. The lowest BCUT2D eigenvalue weighted by molar-refractivity contribution is -0.258. The zero-order valence-electron chi connectivity index (χ0n) is 19.5. The molecule has 3 N–H and O–H groups in total. The summed E-state index contributed by atoms with van der Waals surface area (Å²) in [4.78, 5) is 26.9. The fourth-order valence-electron chi connectivity index (χ4n) is 4.90. The molecule has 0 unspecified atom stereocenters. The number of hydrogen-bond acceptors (Lipinski definition) is 4. The molecule has 0 saturated carbocycles. The van der Waals surface area contributed by atoms with Crippen LogP contribution < -0.4 is 15.5 Å². The van der Waals surface area contributed by atoms with Gasteiger partial charge in [-0.05, 0) is 48.0 Å². The molecular formula is C26H16ClF5N4O3. The normalized spacial score (nSPS) is 19.8. The van der Waals surface area contributed by atoms with E-state index in [1.54, 1.807) is 0 Å². The van der Waals surface area contributed by atoms with Gasteiger partial charge in [-0.2, -0.15) is 18.4 Å². The average molecular weight is 563 g/mol. The van der Waals surface area contributed by atoms with E-state index in [-0.39, 0.29) is 39.5 Å². The molecule has 39 heavy (non-hydrogen) atoms. The van der Waals surface area contributed by atoms with Crippen LogP contribution in [0.25, 0.3) is 0 Å². The van der Waals surface area contributed by atoms with Crippen LogP contribution in [0.1, 0.15) is 38.7 Å². The number of nitriles is 1. The predicted molar refractivity (Wildman–Crippen MR) is 129 cm³/mol. The number of carbonyl (C=O) groups is 2. The summed E-state index contributed by atoms with van der Waals surface area (Å²) in [6.45, 7) is -1.26. The molecule has 13 heteroatoms. The standard InChI is InChI=1S/C26H16ClF5N4O3/c27-17-4-2-13(28)9-15(17)22-21-18(5-1-12(7-8-33)20(21)23(37)35-22)34-24(38)36-11-25(39,26(30,31)32)16-10-14(29)3-6-19(16)36/h1-6,9-10,22,39H,7,11H2,(H,34,38)(H,35,37)/t22-,25-/m1/s1. The molecule has 2 atom stereocenters. The van der Waals surface area contributed by atoms with Gasteiger partial charge in [-0.25, -0.2) is 13.6 Å². The number of aliphatic hydroxyl groups is 1. The van der Waals surface area contributed by atoms with E-state index in [0.29, 0.717) is 16.5 Å². The molecule has 200 valence electrons. The molecule has 0 fully saturated rings. The smallest absolute Gasteiger partial charge is 0.375 e. The van der Waals surface area contributed by atoms with Crippen LogP contribution in [-0.4, -0.2) is 29.8 Å². The number of anilines is 2. The number of alkyl halides is 3. The largest absolute Gasteiger partial charge is 0.423 e. The minimum Gasteiger partial charge on any atom is -0.375 e. The first-order valence-corrected chi connectivity index (χ1v) is 11.7. The topological polar surface area (TPSA) is 105 Å².